The zero-order valence-electron chi connectivity index (χ0n) is 7.90. The summed E-state index contributed by atoms with van der Waals surface area (Å²) in [4.78, 5) is 8.25. The summed E-state index contributed by atoms with van der Waals surface area (Å²) in [5.74, 6) is 0. The van der Waals surface area contributed by atoms with Crippen LogP contribution in [0.2, 0.25) is 0 Å². The van der Waals surface area contributed by atoms with E-state index >= 15 is 0 Å². The van der Waals surface area contributed by atoms with Gasteiger partial charge in [-0.25, -0.2) is 0 Å². The van der Waals surface area contributed by atoms with Crippen LogP contribution in [0.4, 0.5) is 0 Å². The van der Waals surface area contributed by atoms with E-state index in [0.717, 1.165) is 0 Å². The van der Waals surface area contributed by atoms with Crippen LogP contribution in [0, 0.1) is 15.3 Å². The number of hydrogen-bond donors (Lipinski definition) is 4. The summed E-state index contributed by atoms with van der Waals surface area (Å²) < 4.78 is 0. The van der Waals surface area contributed by atoms with Crippen LogP contribution in [0.15, 0.2) is 0 Å². The Balaban J connectivity index is -0.0000000542. The first-order valence-electron chi connectivity index (χ1n) is 3.43. The van der Waals surface area contributed by atoms with Crippen LogP contribution in [-0.2, 0) is 15.1 Å². The Kier molecular flexibility index (Phi) is 60.0. The molecule has 0 heterocycles. The topological polar surface area (TPSA) is 170 Å². The molecule has 0 unspecified atom stereocenters. The average molecular weight is 356 g/mol. The van der Waals surface area contributed by atoms with Gasteiger partial charge in [-0.05, 0) is 0 Å². The van der Waals surface area contributed by atoms with Gasteiger partial charge in [0.1, 0.15) is 0 Å². The van der Waals surface area contributed by atoms with Crippen molar-refractivity contribution < 1.29 is 20.2 Å². The second-order valence-corrected chi connectivity index (χ2v) is 3.91. The van der Waals surface area contributed by atoms with Crippen molar-refractivity contribution in [3.05, 3.63) is 15.3 Å². The van der Waals surface area contributed by atoms with Crippen LogP contribution >= 0.6 is 19.4 Å². The van der Waals surface area contributed by atoms with Crippen LogP contribution in [0.3, 0.4) is 0 Å². The van der Waals surface area contributed by atoms with Gasteiger partial charge in [0, 0.05) is 26.2 Å². The number of rotatable bonds is 2. The summed E-state index contributed by atoms with van der Waals surface area (Å²) in [5, 5.41) is 14.8. The van der Waals surface area contributed by atoms with E-state index in [1.54, 1.807) is 0 Å². The van der Waals surface area contributed by atoms with Gasteiger partial charge in [-0.3, -0.25) is 0 Å². The van der Waals surface area contributed by atoms with Gasteiger partial charge < -0.3 is 38.3 Å². The van der Waals surface area contributed by atoms with Crippen molar-refractivity contribution in [2.75, 3.05) is 26.2 Å². The minimum absolute atomic E-state index is 0.226. The summed E-state index contributed by atoms with van der Waals surface area (Å²) in [6, 6.07) is 0. The van der Waals surface area contributed by atoms with Crippen molar-refractivity contribution in [2.45, 2.75) is 0 Å². The number of halogens is 2. The van der Waals surface area contributed by atoms with Gasteiger partial charge in [-0.2, -0.15) is 0 Å². The minimum atomic E-state index is -1.75. The number of hydrogen-bond acceptors (Lipinski definition) is 7. The van der Waals surface area contributed by atoms with Gasteiger partial charge in [-0.1, -0.05) is 0 Å². The number of nitrogens with zero attached hydrogens (tertiary/aromatic N) is 1. The Hall–Kier alpha value is 0.243. The third-order valence-corrected chi connectivity index (χ3v) is 0.333. The third kappa shape index (κ3) is 424. The molecule has 98 valence electrons. The molecule has 0 aliphatic carbocycles. The molecule has 0 rings (SSSR count). The first kappa shape index (κ1) is 24.5. The standard InChI is InChI=1S/2C2H8N2.2ClH.NO3.Rh/c2*3-1-2-4;;;2-1(3)4;/h2*1-4H2;2*1H;;/q;;;;-1;+3/p-2. The van der Waals surface area contributed by atoms with E-state index in [0.29, 0.717) is 26.2 Å². The second-order valence-electron chi connectivity index (χ2n) is 1.43. The van der Waals surface area contributed by atoms with E-state index in [9.17, 15) is 0 Å². The van der Waals surface area contributed by atoms with Crippen LogP contribution in [-0.4, -0.2) is 31.3 Å². The van der Waals surface area contributed by atoms with E-state index in [-0.39, 0.29) is 15.1 Å². The fraction of sp³-hybridized carbons (Fsp3) is 1.00. The van der Waals surface area contributed by atoms with E-state index in [1.807, 2.05) is 0 Å². The summed E-state index contributed by atoms with van der Waals surface area (Å²) in [6.45, 7) is 2.39. The molecule has 0 radical (unpaired) electrons. The van der Waals surface area contributed by atoms with Gasteiger partial charge in [0.05, 0.1) is 5.09 Å². The SMILES string of the molecule is NCCN.NCCN.O=[N+]([O-])[O-].[Cl][Rh+][Cl]. The fourth-order valence-corrected chi connectivity index (χ4v) is 0. The zero-order valence-corrected chi connectivity index (χ0v) is 11.0. The molecule has 0 aromatic heterocycles. The molecule has 15 heavy (non-hydrogen) atoms. The zero-order chi connectivity index (χ0) is 13.1. The average Bonchev–Trinajstić information content (AvgIpc) is 2.18. The molecule has 0 amide bonds. The van der Waals surface area contributed by atoms with Crippen molar-refractivity contribution in [1.82, 2.24) is 0 Å². The van der Waals surface area contributed by atoms with Gasteiger partial charge in [-0.15, -0.1) is 0 Å². The monoisotopic (exact) mass is 355 g/mol. The van der Waals surface area contributed by atoms with Crippen molar-refractivity contribution >= 4 is 19.4 Å². The Labute approximate surface area is 104 Å². The quantitative estimate of drug-likeness (QED) is 0.278. The van der Waals surface area contributed by atoms with Crippen molar-refractivity contribution in [1.29, 1.82) is 0 Å². The fourth-order valence-electron chi connectivity index (χ4n) is 0. The van der Waals surface area contributed by atoms with Gasteiger partial charge in [0.2, 0.25) is 0 Å². The molecule has 8 nitrogen and oxygen atoms in total. The van der Waals surface area contributed by atoms with Crippen LogP contribution < -0.4 is 22.9 Å². The molecule has 11 heteroatoms. The first-order chi connectivity index (χ1) is 6.97. The molecule has 0 aromatic rings. The van der Waals surface area contributed by atoms with Crippen LogP contribution in [0.5, 0.6) is 0 Å². The molecule has 0 fully saturated rings. The number of nitrogens with two attached hydrogens (primary N) is 4. The summed E-state index contributed by atoms with van der Waals surface area (Å²) in [5.41, 5.74) is 19.6. The van der Waals surface area contributed by atoms with E-state index in [2.05, 4.69) is 0 Å². The predicted octanol–water partition coefficient (Wildman–Crippen LogP) is -1.05. The molecular weight excluding hydrogens is 340 g/mol. The first-order valence-corrected chi connectivity index (χ1v) is 7.65. The molecule has 8 N–H and O–H groups in total. The maximum atomic E-state index is 8.25. The molecule has 0 bridgehead atoms. The Morgan fingerprint density at radius 3 is 1.00 bits per heavy atom. The normalized spacial score (nSPS) is 7.07. The third-order valence-electron chi connectivity index (χ3n) is 0.333. The van der Waals surface area contributed by atoms with Gasteiger partial charge in [0.25, 0.3) is 0 Å². The molecule has 0 aliphatic heterocycles. The Morgan fingerprint density at radius 2 is 1.00 bits per heavy atom. The molecule has 0 saturated carbocycles. The van der Waals surface area contributed by atoms with Crippen LogP contribution in [0.1, 0.15) is 0 Å². The summed E-state index contributed by atoms with van der Waals surface area (Å²) in [7, 11) is 9.67. The van der Waals surface area contributed by atoms with Crippen molar-refractivity contribution in [3.63, 3.8) is 0 Å². The molecule has 0 atom stereocenters. The molecule has 0 aromatic carbocycles. The Bertz CT molecular complexity index is 92.3. The van der Waals surface area contributed by atoms with Crippen molar-refractivity contribution in [2.24, 2.45) is 22.9 Å². The maximum absolute atomic E-state index is 8.25. The molecule has 0 saturated heterocycles. The summed E-state index contributed by atoms with van der Waals surface area (Å²) >= 11 is -0.226. The van der Waals surface area contributed by atoms with E-state index in [4.69, 9.17) is 57.6 Å². The van der Waals surface area contributed by atoms with Gasteiger partial charge >= 0.3 is 34.5 Å². The van der Waals surface area contributed by atoms with E-state index < -0.39 is 5.09 Å². The van der Waals surface area contributed by atoms with Crippen LogP contribution in [0.25, 0.3) is 0 Å². The molecular formula is C4H16Cl2N5O3Rh. The molecule has 0 aliphatic rings. The van der Waals surface area contributed by atoms with Gasteiger partial charge in [0.15, 0.2) is 0 Å². The summed E-state index contributed by atoms with van der Waals surface area (Å²) in [6.07, 6.45) is 0. The predicted molar refractivity (Wildman–Crippen MR) is 58.3 cm³/mol. The Morgan fingerprint density at radius 1 is 0.933 bits per heavy atom. The second kappa shape index (κ2) is 36.8. The molecule has 0 spiro atoms. The van der Waals surface area contributed by atoms with Crippen molar-refractivity contribution in [3.8, 4) is 0 Å². The van der Waals surface area contributed by atoms with E-state index in [1.165, 1.54) is 0 Å².